The second-order valence-electron chi connectivity index (χ2n) is 6.25. The Morgan fingerprint density at radius 2 is 1.95 bits per heavy atom. The van der Waals surface area contributed by atoms with E-state index in [-0.39, 0.29) is 11.7 Å². The zero-order valence-electron chi connectivity index (χ0n) is 12.9. The number of amides is 1. The zero-order chi connectivity index (χ0) is 15.7. The smallest absolute Gasteiger partial charge is 0.241 e. The molecule has 2 heterocycles. The Balaban J connectivity index is 2.00. The lowest BCUT2D eigenvalue weighted by molar-refractivity contribution is -0.159. The predicted octanol–water partition coefficient (Wildman–Crippen LogP) is 0.564. The van der Waals surface area contributed by atoms with Gasteiger partial charge in [0, 0.05) is 6.54 Å². The second-order valence-corrected chi connectivity index (χ2v) is 8.29. The van der Waals surface area contributed by atoms with Gasteiger partial charge in [0.2, 0.25) is 15.9 Å². The van der Waals surface area contributed by atoms with Gasteiger partial charge in [0.1, 0.15) is 6.04 Å². The molecule has 0 aliphatic carbocycles. The number of carbonyl (C=O) groups excluding carboxylic acids is 1. The molecule has 2 rings (SSSR count). The van der Waals surface area contributed by atoms with Crippen LogP contribution in [0.3, 0.4) is 0 Å². The minimum Gasteiger partial charge on any atom is -0.386 e. The van der Waals surface area contributed by atoms with Crippen LogP contribution in [-0.2, 0) is 14.8 Å². The molecule has 2 aliphatic heterocycles. The molecule has 122 valence electrons. The number of carbonyl (C=O) groups is 1. The Morgan fingerprint density at radius 1 is 1.29 bits per heavy atom. The van der Waals surface area contributed by atoms with Gasteiger partial charge in [0.25, 0.3) is 0 Å². The maximum Gasteiger partial charge on any atom is 0.241 e. The van der Waals surface area contributed by atoms with Crippen molar-refractivity contribution in [3.05, 3.63) is 0 Å². The summed E-state index contributed by atoms with van der Waals surface area (Å²) in [6, 6.07) is -0.562. The molecule has 2 aliphatic rings. The molecule has 1 unspecified atom stereocenters. The lowest BCUT2D eigenvalue weighted by atomic mass is 9.88. The molecule has 21 heavy (non-hydrogen) atoms. The molecule has 1 N–H and O–H groups in total. The van der Waals surface area contributed by atoms with E-state index in [1.165, 1.54) is 4.31 Å². The topological polar surface area (TPSA) is 77.9 Å². The maximum atomic E-state index is 12.5. The SMILES string of the molecule is CCCC1(O)CN(C(=O)C2CCCN2S(=O)(=O)CCC)C1. The minimum absolute atomic E-state index is 0.0938. The maximum absolute atomic E-state index is 12.5. The van der Waals surface area contributed by atoms with E-state index in [2.05, 4.69) is 0 Å². The van der Waals surface area contributed by atoms with Gasteiger partial charge in [0.15, 0.2) is 0 Å². The Bertz CT molecular complexity index is 485. The number of β-amino-alcohol motifs (C(OH)–C–C–N with tert-alkyl or cyclic N) is 1. The first-order valence-corrected chi connectivity index (χ1v) is 9.44. The van der Waals surface area contributed by atoms with E-state index in [4.69, 9.17) is 0 Å². The quantitative estimate of drug-likeness (QED) is 0.776. The predicted molar refractivity (Wildman–Crippen MR) is 80.2 cm³/mol. The first-order chi connectivity index (χ1) is 9.83. The van der Waals surface area contributed by atoms with E-state index in [0.29, 0.717) is 38.9 Å². The molecule has 6 nitrogen and oxygen atoms in total. The Labute approximate surface area is 127 Å². The van der Waals surface area contributed by atoms with Crippen LogP contribution in [0, 0.1) is 0 Å². The number of hydrogen-bond donors (Lipinski definition) is 1. The summed E-state index contributed by atoms with van der Waals surface area (Å²) in [5.74, 6) is -0.0516. The summed E-state index contributed by atoms with van der Waals surface area (Å²) in [6.07, 6.45) is 3.43. The molecule has 2 fully saturated rings. The number of likely N-dealkylation sites (tertiary alicyclic amines) is 1. The number of hydrogen-bond acceptors (Lipinski definition) is 4. The molecule has 1 atom stereocenters. The summed E-state index contributed by atoms with van der Waals surface area (Å²) in [5.41, 5.74) is -0.768. The average Bonchev–Trinajstić information content (AvgIpc) is 2.85. The van der Waals surface area contributed by atoms with Gasteiger partial charge in [-0.25, -0.2) is 8.42 Å². The molecule has 0 spiro atoms. The molecule has 0 aromatic heterocycles. The summed E-state index contributed by atoms with van der Waals surface area (Å²) >= 11 is 0. The van der Waals surface area contributed by atoms with Crippen LogP contribution in [0.25, 0.3) is 0 Å². The van der Waals surface area contributed by atoms with Crippen LogP contribution in [0.15, 0.2) is 0 Å². The standard InChI is InChI=1S/C14H26N2O4S/c1-3-7-14(18)10-15(11-14)13(17)12-6-5-8-16(12)21(19,20)9-4-2/h12,18H,3-11H2,1-2H3. The van der Waals surface area contributed by atoms with Crippen molar-refractivity contribution in [2.24, 2.45) is 0 Å². The molecule has 0 aromatic carbocycles. The zero-order valence-corrected chi connectivity index (χ0v) is 13.7. The monoisotopic (exact) mass is 318 g/mol. The number of rotatable bonds is 6. The van der Waals surface area contributed by atoms with Crippen LogP contribution in [-0.4, -0.2) is 65.7 Å². The number of nitrogens with zero attached hydrogens (tertiary/aromatic N) is 2. The van der Waals surface area contributed by atoms with E-state index in [1.807, 2.05) is 13.8 Å². The van der Waals surface area contributed by atoms with E-state index in [1.54, 1.807) is 4.90 Å². The van der Waals surface area contributed by atoms with Crippen molar-refractivity contribution >= 4 is 15.9 Å². The summed E-state index contributed by atoms with van der Waals surface area (Å²) in [7, 11) is -3.34. The molecular weight excluding hydrogens is 292 g/mol. The largest absolute Gasteiger partial charge is 0.386 e. The van der Waals surface area contributed by atoms with E-state index < -0.39 is 21.7 Å². The van der Waals surface area contributed by atoms with Crippen molar-refractivity contribution < 1.29 is 18.3 Å². The van der Waals surface area contributed by atoms with Crippen LogP contribution < -0.4 is 0 Å². The summed E-state index contributed by atoms with van der Waals surface area (Å²) in [4.78, 5) is 14.1. The van der Waals surface area contributed by atoms with Gasteiger partial charge in [-0.3, -0.25) is 4.79 Å². The van der Waals surface area contributed by atoms with Crippen molar-refractivity contribution in [3.8, 4) is 0 Å². The van der Waals surface area contributed by atoms with Gasteiger partial charge in [0.05, 0.1) is 24.4 Å². The third-order valence-electron chi connectivity index (χ3n) is 4.31. The molecule has 2 saturated heterocycles. The van der Waals surface area contributed by atoms with Crippen molar-refractivity contribution in [1.82, 2.24) is 9.21 Å². The van der Waals surface area contributed by atoms with Crippen molar-refractivity contribution in [2.45, 2.75) is 57.6 Å². The third-order valence-corrected chi connectivity index (χ3v) is 6.38. The normalized spacial score (nSPS) is 25.9. The second kappa shape index (κ2) is 6.22. The van der Waals surface area contributed by atoms with Crippen molar-refractivity contribution in [3.63, 3.8) is 0 Å². The summed E-state index contributed by atoms with van der Waals surface area (Å²) in [6.45, 7) is 4.92. The fourth-order valence-electron chi connectivity index (χ4n) is 3.35. The van der Waals surface area contributed by atoms with Gasteiger partial charge in [-0.15, -0.1) is 0 Å². The fraction of sp³-hybridized carbons (Fsp3) is 0.929. The minimum atomic E-state index is -3.34. The van der Waals surface area contributed by atoms with Crippen LogP contribution in [0.4, 0.5) is 0 Å². The van der Waals surface area contributed by atoms with E-state index >= 15 is 0 Å². The fourth-order valence-corrected chi connectivity index (χ4v) is 5.09. The van der Waals surface area contributed by atoms with Gasteiger partial charge in [-0.2, -0.15) is 4.31 Å². The Morgan fingerprint density at radius 3 is 2.52 bits per heavy atom. The highest BCUT2D eigenvalue weighted by Gasteiger charge is 2.47. The van der Waals surface area contributed by atoms with E-state index in [0.717, 1.165) is 12.8 Å². The highest BCUT2D eigenvalue weighted by molar-refractivity contribution is 7.89. The highest BCUT2D eigenvalue weighted by atomic mass is 32.2. The van der Waals surface area contributed by atoms with Crippen LogP contribution in [0.5, 0.6) is 0 Å². The lowest BCUT2D eigenvalue weighted by Gasteiger charge is -2.47. The lowest BCUT2D eigenvalue weighted by Crippen LogP contribution is -2.66. The van der Waals surface area contributed by atoms with Gasteiger partial charge in [-0.1, -0.05) is 20.3 Å². The molecule has 1 amide bonds. The highest BCUT2D eigenvalue weighted by Crippen LogP contribution is 2.30. The Kier molecular flexibility index (Phi) is 4.95. The number of aliphatic hydroxyl groups is 1. The Hall–Kier alpha value is -0.660. The molecule has 0 bridgehead atoms. The molecular formula is C14H26N2O4S. The molecule has 0 aromatic rings. The third kappa shape index (κ3) is 3.40. The van der Waals surface area contributed by atoms with Gasteiger partial charge in [-0.05, 0) is 25.7 Å². The van der Waals surface area contributed by atoms with Crippen LogP contribution >= 0.6 is 0 Å². The first-order valence-electron chi connectivity index (χ1n) is 7.83. The summed E-state index contributed by atoms with van der Waals surface area (Å²) < 4.78 is 25.8. The van der Waals surface area contributed by atoms with Gasteiger partial charge >= 0.3 is 0 Å². The summed E-state index contributed by atoms with van der Waals surface area (Å²) in [5, 5.41) is 10.2. The van der Waals surface area contributed by atoms with Crippen LogP contribution in [0.1, 0.15) is 46.0 Å². The van der Waals surface area contributed by atoms with Crippen molar-refractivity contribution in [2.75, 3.05) is 25.4 Å². The van der Waals surface area contributed by atoms with Crippen molar-refractivity contribution in [1.29, 1.82) is 0 Å². The molecule has 0 radical (unpaired) electrons. The number of sulfonamides is 1. The average molecular weight is 318 g/mol. The first kappa shape index (κ1) is 16.7. The molecule has 7 heteroatoms. The van der Waals surface area contributed by atoms with Crippen LogP contribution in [0.2, 0.25) is 0 Å². The molecule has 0 saturated carbocycles. The van der Waals surface area contributed by atoms with E-state index in [9.17, 15) is 18.3 Å². The van der Waals surface area contributed by atoms with Gasteiger partial charge < -0.3 is 10.0 Å².